The summed E-state index contributed by atoms with van der Waals surface area (Å²) in [5, 5.41) is 9.12. The first-order valence-corrected chi connectivity index (χ1v) is 9.37. The summed E-state index contributed by atoms with van der Waals surface area (Å²) < 4.78 is 10.6. The SMILES string of the molecule is CCOc1ccc(C(=O)[C@H](C)OC(=O)CCc2c(C)[nH]c(=O)c(C#N)c2C)cc1. The fourth-order valence-electron chi connectivity index (χ4n) is 3.07. The zero-order valence-electron chi connectivity index (χ0n) is 17.0. The number of aryl methyl sites for hydroxylation is 1. The molecule has 7 nitrogen and oxygen atoms in total. The van der Waals surface area contributed by atoms with Crippen molar-refractivity contribution in [2.75, 3.05) is 6.61 Å². The number of carbonyl (C=O) groups excluding carboxylic acids is 2. The molecule has 0 fully saturated rings. The maximum atomic E-state index is 12.5. The van der Waals surface area contributed by atoms with E-state index >= 15 is 0 Å². The lowest BCUT2D eigenvalue weighted by Gasteiger charge is -2.14. The van der Waals surface area contributed by atoms with E-state index in [4.69, 9.17) is 14.7 Å². The van der Waals surface area contributed by atoms with Gasteiger partial charge in [-0.2, -0.15) is 5.26 Å². The number of pyridine rings is 1. The third-order valence-corrected chi connectivity index (χ3v) is 4.63. The van der Waals surface area contributed by atoms with Gasteiger partial charge in [0.2, 0.25) is 5.78 Å². The number of nitriles is 1. The number of H-pyrrole nitrogens is 1. The lowest BCUT2D eigenvalue weighted by molar-refractivity contribution is -0.146. The van der Waals surface area contributed by atoms with E-state index in [1.54, 1.807) is 38.1 Å². The van der Waals surface area contributed by atoms with E-state index in [1.807, 2.05) is 13.0 Å². The van der Waals surface area contributed by atoms with Crippen LogP contribution in [0, 0.1) is 25.2 Å². The highest BCUT2D eigenvalue weighted by Gasteiger charge is 2.20. The number of aromatic amines is 1. The summed E-state index contributed by atoms with van der Waals surface area (Å²) in [4.78, 5) is 39.1. The normalized spacial score (nSPS) is 11.4. The van der Waals surface area contributed by atoms with Crippen LogP contribution in [0.2, 0.25) is 0 Å². The maximum Gasteiger partial charge on any atom is 0.306 e. The smallest absolute Gasteiger partial charge is 0.306 e. The molecule has 1 heterocycles. The van der Waals surface area contributed by atoms with Gasteiger partial charge in [0.1, 0.15) is 17.4 Å². The molecule has 7 heteroatoms. The van der Waals surface area contributed by atoms with Crippen LogP contribution < -0.4 is 10.3 Å². The summed E-state index contributed by atoms with van der Waals surface area (Å²) in [6.45, 7) is 7.33. The predicted octanol–water partition coefficient (Wildman–Crippen LogP) is 3.01. The molecule has 0 unspecified atom stereocenters. The molecule has 0 aliphatic rings. The molecule has 29 heavy (non-hydrogen) atoms. The molecule has 2 rings (SSSR count). The molecule has 0 aliphatic carbocycles. The van der Waals surface area contributed by atoms with Gasteiger partial charge in [0.25, 0.3) is 5.56 Å². The monoisotopic (exact) mass is 396 g/mol. The number of hydrogen-bond acceptors (Lipinski definition) is 6. The largest absolute Gasteiger partial charge is 0.494 e. The number of esters is 1. The Morgan fingerprint density at radius 1 is 1.21 bits per heavy atom. The van der Waals surface area contributed by atoms with Crippen LogP contribution >= 0.6 is 0 Å². The zero-order valence-corrected chi connectivity index (χ0v) is 17.0. The standard InChI is InChI=1S/C22H24N2O5/c1-5-28-17-8-6-16(7-9-17)21(26)15(4)29-20(25)11-10-18-13(2)19(12-23)22(27)24-14(18)3/h6-9,15H,5,10-11H2,1-4H3,(H,24,27)/t15-/m0/s1. The molecule has 1 aromatic carbocycles. The van der Waals surface area contributed by atoms with Gasteiger partial charge >= 0.3 is 5.97 Å². The number of aromatic nitrogens is 1. The van der Waals surface area contributed by atoms with E-state index in [1.165, 1.54) is 6.92 Å². The van der Waals surface area contributed by atoms with Gasteiger partial charge in [-0.3, -0.25) is 14.4 Å². The Labute approximate surface area is 169 Å². The Kier molecular flexibility index (Phi) is 7.32. The lowest BCUT2D eigenvalue weighted by atomic mass is 9.99. The molecular weight excluding hydrogens is 372 g/mol. The van der Waals surface area contributed by atoms with Crippen LogP contribution in [-0.4, -0.2) is 29.4 Å². The number of ketones is 1. The Bertz CT molecular complexity index is 1000. The van der Waals surface area contributed by atoms with E-state index in [-0.39, 0.29) is 17.8 Å². The first-order chi connectivity index (χ1) is 13.8. The first kappa shape index (κ1) is 21.9. The van der Waals surface area contributed by atoms with E-state index < -0.39 is 17.6 Å². The quantitative estimate of drug-likeness (QED) is 0.543. The summed E-state index contributed by atoms with van der Waals surface area (Å²) in [6, 6.07) is 8.54. The summed E-state index contributed by atoms with van der Waals surface area (Å²) in [6.07, 6.45) is -0.598. The van der Waals surface area contributed by atoms with E-state index in [2.05, 4.69) is 4.98 Å². The number of ether oxygens (including phenoxy) is 2. The molecule has 1 N–H and O–H groups in total. The lowest BCUT2D eigenvalue weighted by Crippen LogP contribution is -2.25. The van der Waals surface area contributed by atoms with E-state index in [9.17, 15) is 14.4 Å². The van der Waals surface area contributed by atoms with Gasteiger partial charge in [-0.05, 0) is 69.5 Å². The van der Waals surface area contributed by atoms with Crippen LogP contribution in [0.4, 0.5) is 0 Å². The number of Topliss-reactive ketones (excluding diaryl/α,β-unsaturated/α-hetero) is 1. The molecule has 0 saturated heterocycles. The van der Waals surface area contributed by atoms with Crippen molar-refractivity contribution in [3.63, 3.8) is 0 Å². The van der Waals surface area contributed by atoms with Gasteiger partial charge in [0.15, 0.2) is 6.10 Å². The van der Waals surface area contributed by atoms with Crippen LogP contribution in [-0.2, 0) is 16.0 Å². The number of nitrogens with one attached hydrogen (secondary N) is 1. The number of hydrogen-bond donors (Lipinski definition) is 1. The van der Waals surface area contributed by atoms with Crippen LogP contribution in [0.25, 0.3) is 0 Å². The second kappa shape index (κ2) is 9.69. The van der Waals surface area contributed by atoms with E-state index in [0.29, 0.717) is 35.6 Å². The molecule has 0 spiro atoms. The Morgan fingerprint density at radius 3 is 2.45 bits per heavy atom. The second-order valence-corrected chi connectivity index (χ2v) is 6.62. The minimum atomic E-state index is -0.923. The van der Waals surface area contributed by atoms with Crippen molar-refractivity contribution in [3.05, 3.63) is 62.6 Å². The van der Waals surface area contributed by atoms with Gasteiger partial charge < -0.3 is 14.5 Å². The summed E-state index contributed by atoms with van der Waals surface area (Å²) >= 11 is 0. The zero-order chi connectivity index (χ0) is 21.6. The van der Waals surface area contributed by atoms with Crippen LogP contribution in [0.15, 0.2) is 29.1 Å². The average molecular weight is 396 g/mol. The van der Waals surface area contributed by atoms with Gasteiger partial charge in [-0.1, -0.05) is 0 Å². The molecule has 1 aromatic heterocycles. The molecule has 0 bridgehead atoms. The van der Waals surface area contributed by atoms with Crippen molar-refractivity contribution >= 4 is 11.8 Å². The molecule has 1 atom stereocenters. The van der Waals surface area contributed by atoms with Crippen molar-refractivity contribution in [3.8, 4) is 11.8 Å². The molecular formula is C22H24N2O5. The maximum absolute atomic E-state index is 12.5. The average Bonchev–Trinajstić information content (AvgIpc) is 2.68. The third kappa shape index (κ3) is 5.32. The number of nitrogens with zero attached hydrogens (tertiary/aromatic N) is 1. The molecule has 0 radical (unpaired) electrons. The Hall–Kier alpha value is -3.40. The Balaban J connectivity index is 2.00. The first-order valence-electron chi connectivity index (χ1n) is 9.37. The molecule has 0 amide bonds. The second-order valence-electron chi connectivity index (χ2n) is 6.62. The third-order valence-electron chi connectivity index (χ3n) is 4.63. The fraction of sp³-hybridized carbons (Fsp3) is 0.364. The number of carbonyl (C=O) groups is 2. The predicted molar refractivity (Wildman–Crippen MR) is 107 cm³/mol. The molecule has 0 saturated carbocycles. The Morgan fingerprint density at radius 2 is 1.86 bits per heavy atom. The van der Waals surface area contributed by atoms with Crippen LogP contribution in [0.1, 0.15) is 53.0 Å². The van der Waals surface area contributed by atoms with Crippen molar-refractivity contribution in [1.29, 1.82) is 5.26 Å². The van der Waals surface area contributed by atoms with Gasteiger partial charge in [-0.15, -0.1) is 0 Å². The number of rotatable bonds is 8. The van der Waals surface area contributed by atoms with Gasteiger partial charge in [0.05, 0.1) is 6.61 Å². The highest BCUT2D eigenvalue weighted by Crippen LogP contribution is 2.17. The van der Waals surface area contributed by atoms with Crippen molar-refractivity contribution < 1.29 is 19.1 Å². The highest BCUT2D eigenvalue weighted by atomic mass is 16.5. The fourth-order valence-corrected chi connectivity index (χ4v) is 3.07. The van der Waals surface area contributed by atoms with Crippen molar-refractivity contribution in [1.82, 2.24) is 4.98 Å². The topological polar surface area (TPSA) is 109 Å². The molecule has 0 aliphatic heterocycles. The van der Waals surface area contributed by atoms with Crippen LogP contribution in [0.5, 0.6) is 5.75 Å². The van der Waals surface area contributed by atoms with Crippen LogP contribution in [0.3, 0.4) is 0 Å². The molecule has 2 aromatic rings. The van der Waals surface area contributed by atoms with Gasteiger partial charge in [-0.25, -0.2) is 0 Å². The number of benzene rings is 1. The summed E-state index contributed by atoms with van der Waals surface area (Å²) in [7, 11) is 0. The molecule has 152 valence electrons. The minimum absolute atomic E-state index is 0.0273. The summed E-state index contributed by atoms with van der Waals surface area (Å²) in [5.74, 6) is -0.165. The highest BCUT2D eigenvalue weighted by molar-refractivity contribution is 6.00. The van der Waals surface area contributed by atoms with E-state index in [0.717, 1.165) is 5.56 Å². The van der Waals surface area contributed by atoms with Crippen molar-refractivity contribution in [2.45, 2.75) is 46.6 Å². The summed E-state index contributed by atoms with van der Waals surface area (Å²) in [5.41, 5.74) is 1.92. The van der Waals surface area contributed by atoms with Crippen molar-refractivity contribution in [2.24, 2.45) is 0 Å². The minimum Gasteiger partial charge on any atom is -0.494 e. The van der Waals surface area contributed by atoms with Gasteiger partial charge in [0, 0.05) is 17.7 Å².